The van der Waals surface area contributed by atoms with Gasteiger partial charge >= 0.3 is 6.03 Å². The lowest BCUT2D eigenvalue weighted by Crippen LogP contribution is -2.33. The number of oxazole rings is 1. The summed E-state index contributed by atoms with van der Waals surface area (Å²) >= 11 is 0. The van der Waals surface area contributed by atoms with Crippen LogP contribution in [0.15, 0.2) is 34.9 Å². The van der Waals surface area contributed by atoms with E-state index in [1.54, 1.807) is 6.20 Å². The summed E-state index contributed by atoms with van der Waals surface area (Å²) < 4.78 is 5.51. The number of anilines is 1. The summed E-state index contributed by atoms with van der Waals surface area (Å²) in [5, 5.41) is 14.9. The molecule has 1 unspecified atom stereocenters. The molecule has 6 nitrogen and oxygen atoms in total. The molecule has 1 heterocycles. The molecule has 6 heteroatoms. The van der Waals surface area contributed by atoms with Gasteiger partial charge in [0.25, 0.3) is 0 Å². The molecule has 25 heavy (non-hydrogen) atoms. The van der Waals surface area contributed by atoms with Gasteiger partial charge in [-0.25, -0.2) is 9.78 Å². The van der Waals surface area contributed by atoms with Crippen LogP contribution in [0.25, 0.3) is 11.5 Å². The average Bonchev–Trinajstić information content (AvgIpc) is 2.99. The second kappa shape index (κ2) is 9.22. The zero-order chi connectivity index (χ0) is 18.2. The molecule has 0 aliphatic rings. The van der Waals surface area contributed by atoms with Crippen molar-refractivity contribution in [2.24, 2.45) is 11.8 Å². The maximum absolute atomic E-state index is 12.1. The van der Waals surface area contributed by atoms with E-state index >= 15 is 0 Å². The Hall–Kier alpha value is -2.34. The summed E-state index contributed by atoms with van der Waals surface area (Å²) in [5.41, 5.74) is 1.48. The van der Waals surface area contributed by atoms with E-state index in [2.05, 4.69) is 29.5 Å². The Morgan fingerprint density at radius 3 is 2.80 bits per heavy atom. The Labute approximate surface area is 148 Å². The molecule has 1 atom stereocenters. The number of aliphatic hydroxyl groups is 1. The lowest BCUT2D eigenvalue weighted by Gasteiger charge is -2.18. The van der Waals surface area contributed by atoms with E-state index in [0.29, 0.717) is 30.5 Å². The van der Waals surface area contributed by atoms with Crippen molar-refractivity contribution in [3.63, 3.8) is 0 Å². The van der Waals surface area contributed by atoms with Crippen molar-refractivity contribution in [1.82, 2.24) is 10.3 Å². The normalized spacial score (nSPS) is 12.2. The summed E-state index contributed by atoms with van der Waals surface area (Å²) in [4.78, 5) is 16.3. The van der Waals surface area contributed by atoms with Crippen molar-refractivity contribution >= 4 is 11.7 Å². The topological polar surface area (TPSA) is 87.4 Å². The highest BCUT2D eigenvalue weighted by molar-refractivity contribution is 5.89. The number of nitrogens with one attached hydrogen (secondary N) is 2. The Balaban J connectivity index is 1.91. The van der Waals surface area contributed by atoms with E-state index in [0.717, 1.165) is 17.7 Å². The largest absolute Gasteiger partial charge is 0.441 e. The highest BCUT2D eigenvalue weighted by atomic mass is 16.4. The molecular weight excluding hydrogens is 318 g/mol. The SMILES string of the molecule is Cc1cnc(-c2cccc(NC(=O)NCC(CCO)CC(C)C)c2)o1. The van der Waals surface area contributed by atoms with Gasteiger partial charge in [-0.15, -0.1) is 0 Å². The number of amides is 2. The Morgan fingerprint density at radius 2 is 2.16 bits per heavy atom. The first-order valence-electron chi connectivity index (χ1n) is 8.66. The van der Waals surface area contributed by atoms with Crippen molar-refractivity contribution < 1.29 is 14.3 Å². The van der Waals surface area contributed by atoms with Gasteiger partial charge in [0.05, 0.1) is 6.20 Å². The third-order valence-electron chi connectivity index (χ3n) is 3.88. The van der Waals surface area contributed by atoms with Crippen molar-refractivity contribution in [1.29, 1.82) is 0 Å². The summed E-state index contributed by atoms with van der Waals surface area (Å²) in [6.07, 6.45) is 3.33. The standard InChI is InChI=1S/C19H27N3O3/c1-13(2)9-15(7-8-23)12-21-19(24)22-17-6-4-5-16(10-17)18-20-11-14(3)25-18/h4-6,10-11,13,15,23H,7-9,12H2,1-3H3,(H2,21,22,24). The van der Waals surface area contributed by atoms with Gasteiger partial charge in [0.1, 0.15) is 5.76 Å². The number of urea groups is 1. The molecular formula is C19H27N3O3. The Morgan fingerprint density at radius 1 is 1.36 bits per heavy atom. The smallest absolute Gasteiger partial charge is 0.319 e. The fourth-order valence-corrected chi connectivity index (χ4v) is 2.78. The first kappa shape index (κ1) is 19.0. The summed E-state index contributed by atoms with van der Waals surface area (Å²) in [5.74, 6) is 2.08. The molecule has 3 N–H and O–H groups in total. The van der Waals surface area contributed by atoms with Gasteiger partial charge in [0.2, 0.25) is 5.89 Å². The molecule has 0 saturated carbocycles. The molecule has 0 saturated heterocycles. The molecule has 2 aromatic rings. The van der Waals surface area contributed by atoms with Crippen LogP contribution in [0.1, 0.15) is 32.4 Å². The molecule has 0 radical (unpaired) electrons. The minimum Gasteiger partial charge on any atom is -0.441 e. The van der Waals surface area contributed by atoms with Gasteiger partial charge in [-0.2, -0.15) is 0 Å². The van der Waals surface area contributed by atoms with Crippen LogP contribution in [0.5, 0.6) is 0 Å². The Bertz CT molecular complexity index is 682. The van der Waals surface area contributed by atoms with Gasteiger partial charge in [0, 0.05) is 24.4 Å². The number of aryl methyl sites for hydroxylation is 1. The van der Waals surface area contributed by atoms with Crippen LogP contribution in [0.2, 0.25) is 0 Å². The van der Waals surface area contributed by atoms with Crippen molar-refractivity contribution in [3.8, 4) is 11.5 Å². The molecule has 0 bridgehead atoms. The molecule has 0 aliphatic heterocycles. The maximum Gasteiger partial charge on any atom is 0.319 e. The van der Waals surface area contributed by atoms with Gasteiger partial charge in [0.15, 0.2) is 0 Å². The van der Waals surface area contributed by atoms with Crippen LogP contribution in [0, 0.1) is 18.8 Å². The monoisotopic (exact) mass is 345 g/mol. The van der Waals surface area contributed by atoms with E-state index in [1.807, 2.05) is 31.2 Å². The summed E-state index contributed by atoms with van der Waals surface area (Å²) in [7, 11) is 0. The first-order valence-corrected chi connectivity index (χ1v) is 8.66. The van der Waals surface area contributed by atoms with E-state index in [9.17, 15) is 4.79 Å². The van der Waals surface area contributed by atoms with Crippen LogP contribution in [-0.4, -0.2) is 29.3 Å². The van der Waals surface area contributed by atoms with E-state index in [-0.39, 0.29) is 18.6 Å². The highest BCUT2D eigenvalue weighted by Crippen LogP contribution is 2.22. The quantitative estimate of drug-likeness (QED) is 0.679. The van der Waals surface area contributed by atoms with E-state index in [4.69, 9.17) is 9.52 Å². The minimum absolute atomic E-state index is 0.137. The third kappa shape index (κ3) is 6.23. The highest BCUT2D eigenvalue weighted by Gasteiger charge is 2.12. The number of hydrogen-bond donors (Lipinski definition) is 3. The summed E-state index contributed by atoms with van der Waals surface area (Å²) in [6, 6.07) is 7.11. The molecule has 0 spiro atoms. The molecule has 2 rings (SSSR count). The van der Waals surface area contributed by atoms with Gasteiger partial charge in [-0.3, -0.25) is 0 Å². The second-order valence-corrected chi connectivity index (χ2v) is 6.70. The minimum atomic E-state index is -0.257. The second-order valence-electron chi connectivity index (χ2n) is 6.70. The number of carbonyl (C=O) groups excluding carboxylic acids is 1. The number of aromatic nitrogens is 1. The maximum atomic E-state index is 12.1. The first-order chi connectivity index (χ1) is 12.0. The van der Waals surface area contributed by atoms with Gasteiger partial charge in [-0.1, -0.05) is 19.9 Å². The zero-order valence-corrected chi connectivity index (χ0v) is 15.1. The Kier molecular flexibility index (Phi) is 7.01. The van der Waals surface area contributed by atoms with E-state index in [1.165, 1.54) is 0 Å². The average molecular weight is 345 g/mol. The third-order valence-corrected chi connectivity index (χ3v) is 3.88. The summed E-state index contributed by atoms with van der Waals surface area (Å²) in [6.45, 7) is 6.80. The lowest BCUT2D eigenvalue weighted by atomic mass is 9.94. The van der Waals surface area contributed by atoms with Gasteiger partial charge in [-0.05, 0) is 49.8 Å². The molecule has 1 aromatic carbocycles. The molecule has 2 amide bonds. The fraction of sp³-hybridized carbons (Fsp3) is 0.474. The van der Waals surface area contributed by atoms with Crippen LogP contribution < -0.4 is 10.6 Å². The number of benzene rings is 1. The van der Waals surface area contributed by atoms with Gasteiger partial charge < -0.3 is 20.2 Å². The molecule has 0 aliphatic carbocycles. The van der Waals surface area contributed by atoms with Crippen molar-refractivity contribution in [2.75, 3.05) is 18.5 Å². The van der Waals surface area contributed by atoms with Crippen LogP contribution >= 0.6 is 0 Å². The van der Waals surface area contributed by atoms with Crippen molar-refractivity contribution in [3.05, 3.63) is 36.2 Å². The lowest BCUT2D eigenvalue weighted by molar-refractivity contribution is 0.231. The van der Waals surface area contributed by atoms with Crippen LogP contribution in [-0.2, 0) is 0 Å². The predicted octanol–water partition coefficient (Wildman–Crippen LogP) is 3.82. The number of aliphatic hydroxyl groups excluding tert-OH is 1. The predicted molar refractivity (Wildman–Crippen MR) is 98.3 cm³/mol. The zero-order valence-electron chi connectivity index (χ0n) is 15.1. The number of hydrogen-bond acceptors (Lipinski definition) is 4. The molecule has 0 fully saturated rings. The number of nitrogens with zero attached hydrogens (tertiary/aromatic N) is 1. The molecule has 136 valence electrons. The molecule has 1 aromatic heterocycles. The van der Waals surface area contributed by atoms with Crippen LogP contribution in [0.4, 0.5) is 10.5 Å². The number of rotatable bonds is 8. The fourth-order valence-electron chi connectivity index (χ4n) is 2.78. The van der Waals surface area contributed by atoms with Crippen LogP contribution in [0.3, 0.4) is 0 Å². The van der Waals surface area contributed by atoms with Crippen molar-refractivity contribution in [2.45, 2.75) is 33.6 Å². The van der Waals surface area contributed by atoms with E-state index < -0.39 is 0 Å². The number of carbonyl (C=O) groups is 1.